The second-order valence-corrected chi connectivity index (χ2v) is 3.96. The Morgan fingerprint density at radius 3 is 2.65 bits per heavy atom. The Morgan fingerprint density at radius 1 is 1.12 bits per heavy atom. The van der Waals surface area contributed by atoms with Crippen LogP contribution in [0.3, 0.4) is 0 Å². The van der Waals surface area contributed by atoms with Gasteiger partial charge in [-0.25, -0.2) is 14.4 Å². The summed E-state index contributed by atoms with van der Waals surface area (Å²) in [5.74, 6) is -0.268. The molecule has 0 unspecified atom stereocenters. The molecule has 2 aromatic heterocycles. The number of halogens is 2. The molecular formula is C12H7ClFN3. The van der Waals surface area contributed by atoms with Gasteiger partial charge in [0, 0.05) is 11.8 Å². The molecule has 3 nitrogen and oxygen atoms in total. The lowest BCUT2D eigenvalue weighted by atomic mass is 10.1. The first-order chi connectivity index (χ1) is 8.25. The van der Waals surface area contributed by atoms with E-state index in [2.05, 4.69) is 15.0 Å². The van der Waals surface area contributed by atoms with E-state index < -0.39 is 0 Å². The van der Waals surface area contributed by atoms with Crippen LogP contribution >= 0.6 is 11.6 Å². The number of nitrogens with one attached hydrogen (secondary N) is 1. The number of benzene rings is 1. The highest BCUT2D eigenvalue weighted by molar-refractivity contribution is 6.35. The number of fused-ring (bicyclic) bond motifs is 1. The molecule has 1 aromatic carbocycles. The van der Waals surface area contributed by atoms with Crippen LogP contribution in [0.4, 0.5) is 4.39 Å². The number of nitrogens with zero attached hydrogens (tertiary/aromatic N) is 2. The zero-order chi connectivity index (χ0) is 11.8. The topological polar surface area (TPSA) is 41.6 Å². The predicted molar refractivity (Wildman–Crippen MR) is 64.3 cm³/mol. The van der Waals surface area contributed by atoms with Gasteiger partial charge in [-0.3, -0.25) is 0 Å². The van der Waals surface area contributed by atoms with Gasteiger partial charge in [0.2, 0.25) is 0 Å². The van der Waals surface area contributed by atoms with Crippen molar-refractivity contribution in [2.75, 3.05) is 0 Å². The fourth-order valence-corrected chi connectivity index (χ4v) is 2.02. The third-order valence-corrected chi connectivity index (χ3v) is 2.87. The van der Waals surface area contributed by atoms with E-state index in [-0.39, 0.29) is 5.82 Å². The average Bonchev–Trinajstić information content (AvgIpc) is 2.75. The Balaban J connectivity index is 2.27. The van der Waals surface area contributed by atoms with Crippen molar-refractivity contribution in [3.8, 4) is 11.1 Å². The van der Waals surface area contributed by atoms with E-state index in [1.807, 2.05) is 0 Å². The predicted octanol–water partition coefficient (Wildman–Crippen LogP) is 3.42. The van der Waals surface area contributed by atoms with E-state index in [0.29, 0.717) is 10.8 Å². The second kappa shape index (κ2) is 3.82. The molecule has 0 saturated carbocycles. The zero-order valence-electron chi connectivity index (χ0n) is 8.61. The molecule has 84 valence electrons. The second-order valence-electron chi connectivity index (χ2n) is 3.60. The van der Waals surface area contributed by atoms with Crippen molar-refractivity contribution in [1.29, 1.82) is 0 Å². The third kappa shape index (κ3) is 1.66. The summed E-state index contributed by atoms with van der Waals surface area (Å²) < 4.78 is 12.9. The molecule has 0 fully saturated rings. The standard InChI is InChI=1S/C12H7ClFN3/c13-11-10-9(5-15-12(10)17-6-16-11)7-1-3-8(14)4-2-7/h1-6H,(H,15,16,17). The van der Waals surface area contributed by atoms with Crippen molar-refractivity contribution in [3.63, 3.8) is 0 Å². The lowest BCUT2D eigenvalue weighted by molar-refractivity contribution is 0.628. The van der Waals surface area contributed by atoms with E-state index in [0.717, 1.165) is 16.5 Å². The maximum atomic E-state index is 12.9. The van der Waals surface area contributed by atoms with Crippen molar-refractivity contribution in [1.82, 2.24) is 15.0 Å². The number of rotatable bonds is 1. The van der Waals surface area contributed by atoms with Gasteiger partial charge in [0.05, 0.1) is 5.39 Å². The van der Waals surface area contributed by atoms with Crippen LogP contribution in [0.5, 0.6) is 0 Å². The summed E-state index contributed by atoms with van der Waals surface area (Å²) in [5.41, 5.74) is 2.41. The molecule has 0 atom stereocenters. The first-order valence-electron chi connectivity index (χ1n) is 4.99. The highest BCUT2D eigenvalue weighted by Gasteiger charge is 2.10. The summed E-state index contributed by atoms with van der Waals surface area (Å²) in [7, 11) is 0. The Labute approximate surface area is 101 Å². The van der Waals surface area contributed by atoms with Crippen molar-refractivity contribution >= 4 is 22.6 Å². The Morgan fingerprint density at radius 2 is 1.88 bits per heavy atom. The van der Waals surface area contributed by atoms with Gasteiger partial charge < -0.3 is 4.98 Å². The van der Waals surface area contributed by atoms with Crippen LogP contribution < -0.4 is 0 Å². The summed E-state index contributed by atoms with van der Waals surface area (Å²) in [6, 6.07) is 6.21. The van der Waals surface area contributed by atoms with E-state index in [4.69, 9.17) is 11.6 Å². The van der Waals surface area contributed by atoms with Gasteiger partial charge in [-0.05, 0) is 17.7 Å². The number of hydrogen-bond donors (Lipinski definition) is 1. The smallest absolute Gasteiger partial charge is 0.142 e. The molecular weight excluding hydrogens is 241 g/mol. The molecule has 2 heterocycles. The van der Waals surface area contributed by atoms with Crippen LogP contribution in [-0.4, -0.2) is 15.0 Å². The molecule has 3 aromatic rings. The molecule has 0 aliphatic carbocycles. The molecule has 0 radical (unpaired) electrons. The fraction of sp³-hybridized carbons (Fsp3) is 0. The van der Waals surface area contributed by atoms with Crippen molar-refractivity contribution in [3.05, 3.63) is 47.8 Å². The number of aromatic nitrogens is 3. The Bertz CT molecular complexity index is 676. The van der Waals surface area contributed by atoms with Crippen LogP contribution in [0.25, 0.3) is 22.2 Å². The minimum Gasteiger partial charge on any atom is -0.345 e. The van der Waals surface area contributed by atoms with Crippen molar-refractivity contribution in [2.45, 2.75) is 0 Å². The van der Waals surface area contributed by atoms with Crippen LogP contribution in [0.15, 0.2) is 36.8 Å². The molecule has 3 rings (SSSR count). The first-order valence-corrected chi connectivity index (χ1v) is 5.37. The maximum Gasteiger partial charge on any atom is 0.142 e. The molecule has 0 aliphatic heterocycles. The molecule has 0 spiro atoms. The van der Waals surface area contributed by atoms with Crippen molar-refractivity contribution < 1.29 is 4.39 Å². The molecule has 0 aliphatic rings. The maximum absolute atomic E-state index is 12.9. The van der Waals surface area contributed by atoms with Gasteiger partial charge in [0.15, 0.2) is 0 Å². The van der Waals surface area contributed by atoms with Gasteiger partial charge in [-0.15, -0.1) is 0 Å². The summed E-state index contributed by atoms with van der Waals surface area (Å²) in [6.07, 6.45) is 3.19. The minimum absolute atomic E-state index is 0.268. The van der Waals surface area contributed by atoms with Crippen molar-refractivity contribution in [2.24, 2.45) is 0 Å². The van der Waals surface area contributed by atoms with Gasteiger partial charge in [-0.2, -0.15) is 0 Å². The Hall–Kier alpha value is -1.94. The van der Waals surface area contributed by atoms with Crippen LogP contribution in [0.2, 0.25) is 5.15 Å². The quantitative estimate of drug-likeness (QED) is 0.670. The zero-order valence-corrected chi connectivity index (χ0v) is 9.37. The van der Waals surface area contributed by atoms with Gasteiger partial charge in [0.1, 0.15) is 22.9 Å². The molecule has 0 saturated heterocycles. The van der Waals surface area contributed by atoms with Gasteiger partial charge in [-0.1, -0.05) is 23.7 Å². The highest BCUT2D eigenvalue weighted by Crippen LogP contribution is 2.31. The summed E-state index contributed by atoms with van der Waals surface area (Å²) in [4.78, 5) is 11.0. The molecule has 1 N–H and O–H groups in total. The Kier molecular flexibility index (Phi) is 2.30. The van der Waals surface area contributed by atoms with Crippen LogP contribution in [0.1, 0.15) is 0 Å². The number of hydrogen-bond acceptors (Lipinski definition) is 2. The lowest BCUT2D eigenvalue weighted by Gasteiger charge is -2.00. The first kappa shape index (κ1) is 10.2. The molecule has 0 bridgehead atoms. The fourth-order valence-electron chi connectivity index (χ4n) is 1.78. The normalized spacial score (nSPS) is 10.9. The van der Waals surface area contributed by atoms with Crippen LogP contribution in [0, 0.1) is 5.82 Å². The largest absolute Gasteiger partial charge is 0.345 e. The van der Waals surface area contributed by atoms with Crippen LogP contribution in [-0.2, 0) is 0 Å². The van der Waals surface area contributed by atoms with E-state index >= 15 is 0 Å². The van der Waals surface area contributed by atoms with E-state index in [9.17, 15) is 4.39 Å². The third-order valence-electron chi connectivity index (χ3n) is 2.58. The monoisotopic (exact) mass is 247 g/mol. The van der Waals surface area contributed by atoms with E-state index in [1.54, 1.807) is 18.3 Å². The summed E-state index contributed by atoms with van der Waals surface area (Å²) in [5, 5.41) is 1.14. The highest BCUT2D eigenvalue weighted by atomic mass is 35.5. The minimum atomic E-state index is -0.268. The number of aromatic amines is 1. The van der Waals surface area contributed by atoms with Gasteiger partial charge >= 0.3 is 0 Å². The lowest BCUT2D eigenvalue weighted by Crippen LogP contribution is -1.82. The SMILES string of the molecule is Fc1ccc(-c2c[nH]c3ncnc(Cl)c23)cc1. The van der Waals surface area contributed by atoms with E-state index in [1.165, 1.54) is 18.5 Å². The van der Waals surface area contributed by atoms with Gasteiger partial charge in [0.25, 0.3) is 0 Å². The average molecular weight is 248 g/mol. The summed E-state index contributed by atoms with van der Waals surface area (Å²) in [6.45, 7) is 0. The number of H-pyrrole nitrogens is 1. The molecule has 0 amide bonds. The summed E-state index contributed by atoms with van der Waals surface area (Å²) >= 11 is 6.04. The molecule has 17 heavy (non-hydrogen) atoms. The molecule has 5 heteroatoms.